The molecule has 0 aliphatic rings. The number of rotatable bonds is 10. The van der Waals surface area contributed by atoms with Crippen LogP contribution in [0.1, 0.15) is 22.7 Å². The molecule has 0 fully saturated rings. The summed E-state index contributed by atoms with van der Waals surface area (Å²) in [6.45, 7) is 0. The molecule has 0 bridgehead atoms. The van der Waals surface area contributed by atoms with Gasteiger partial charge in [0.1, 0.15) is 5.75 Å². The molecule has 1 N–H and O–H groups in total. The number of amides is 1. The molecule has 3 aromatic carbocycles. The number of ether oxygens (including phenoxy) is 3. The molecule has 1 atom stereocenters. The first-order valence-electron chi connectivity index (χ1n) is 10.3. The molecule has 0 saturated carbocycles. The van der Waals surface area contributed by atoms with Crippen LogP contribution in [-0.2, 0) is 17.6 Å². The maximum Gasteiger partial charge on any atom is 0.269 e. The van der Waals surface area contributed by atoms with Gasteiger partial charge in [0.05, 0.1) is 38.7 Å². The Balaban J connectivity index is 1.82. The number of nitrogens with zero attached hydrogens (tertiary/aromatic N) is 1. The van der Waals surface area contributed by atoms with Gasteiger partial charge in [0.15, 0.2) is 11.5 Å². The Labute approximate surface area is 192 Å². The van der Waals surface area contributed by atoms with E-state index >= 15 is 0 Å². The topological polar surface area (TPSA) is 99.9 Å². The van der Waals surface area contributed by atoms with Crippen LogP contribution in [0, 0.1) is 10.1 Å². The molecule has 0 saturated heterocycles. The highest BCUT2D eigenvalue weighted by Gasteiger charge is 2.18. The van der Waals surface area contributed by atoms with E-state index in [9.17, 15) is 14.9 Å². The highest BCUT2D eigenvalue weighted by atomic mass is 16.6. The smallest absolute Gasteiger partial charge is 0.269 e. The van der Waals surface area contributed by atoms with Gasteiger partial charge in [0, 0.05) is 12.1 Å². The van der Waals surface area contributed by atoms with Crippen LogP contribution < -0.4 is 19.5 Å². The van der Waals surface area contributed by atoms with Crippen LogP contribution in [0.5, 0.6) is 17.2 Å². The van der Waals surface area contributed by atoms with Gasteiger partial charge in [-0.2, -0.15) is 0 Å². The van der Waals surface area contributed by atoms with Gasteiger partial charge in [0.25, 0.3) is 5.69 Å². The quantitative estimate of drug-likeness (QED) is 0.366. The van der Waals surface area contributed by atoms with Crippen LogP contribution in [0.25, 0.3) is 0 Å². The highest BCUT2D eigenvalue weighted by Crippen LogP contribution is 2.28. The van der Waals surface area contributed by atoms with Gasteiger partial charge in [-0.25, -0.2) is 0 Å². The summed E-state index contributed by atoms with van der Waals surface area (Å²) in [6, 6.07) is 18.7. The monoisotopic (exact) mass is 450 g/mol. The number of nitro groups is 1. The second-order valence-corrected chi connectivity index (χ2v) is 7.39. The highest BCUT2D eigenvalue weighted by molar-refractivity contribution is 5.79. The van der Waals surface area contributed by atoms with Crippen molar-refractivity contribution in [1.29, 1.82) is 0 Å². The Morgan fingerprint density at radius 1 is 0.909 bits per heavy atom. The van der Waals surface area contributed by atoms with E-state index in [2.05, 4.69) is 5.32 Å². The molecule has 3 aromatic rings. The third kappa shape index (κ3) is 6.22. The summed E-state index contributed by atoms with van der Waals surface area (Å²) in [4.78, 5) is 23.5. The number of methoxy groups -OCH3 is 3. The van der Waals surface area contributed by atoms with Crippen molar-refractivity contribution in [2.75, 3.05) is 21.3 Å². The fourth-order valence-corrected chi connectivity index (χ4v) is 3.54. The van der Waals surface area contributed by atoms with E-state index in [0.29, 0.717) is 23.7 Å². The predicted molar refractivity (Wildman–Crippen MR) is 124 cm³/mol. The number of carbonyl (C=O) groups excluding carboxylic acids is 1. The van der Waals surface area contributed by atoms with Crippen LogP contribution in [-0.4, -0.2) is 32.2 Å². The fourth-order valence-electron chi connectivity index (χ4n) is 3.54. The first kappa shape index (κ1) is 23.6. The standard InChI is InChI=1S/C25H26N2O6/c1-31-21-6-4-5-17(13-21)14-22(19-8-10-20(11-9-19)27(29)30)26-25(28)16-18-7-12-23(32-2)24(15-18)33-3/h4-13,15,22H,14,16H2,1-3H3,(H,26,28). The molecule has 33 heavy (non-hydrogen) atoms. The molecule has 1 amide bonds. The van der Waals surface area contributed by atoms with Gasteiger partial charge in [-0.3, -0.25) is 14.9 Å². The molecular weight excluding hydrogens is 424 g/mol. The summed E-state index contributed by atoms with van der Waals surface area (Å²) in [6.07, 6.45) is 0.634. The molecule has 0 spiro atoms. The van der Waals surface area contributed by atoms with Crippen molar-refractivity contribution in [3.8, 4) is 17.2 Å². The number of benzene rings is 3. The van der Waals surface area contributed by atoms with Gasteiger partial charge in [-0.1, -0.05) is 30.3 Å². The fraction of sp³-hybridized carbons (Fsp3) is 0.240. The molecule has 0 radical (unpaired) electrons. The summed E-state index contributed by atoms with van der Waals surface area (Å²) in [5, 5.41) is 14.1. The first-order chi connectivity index (χ1) is 15.9. The van der Waals surface area contributed by atoms with Gasteiger partial charge in [0.2, 0.25) is 5.91 Å². The summed E-state index contributed by atoms with van der Waals surface area (Å²) in [5.74, 6) is 1.66. The molecule has 0 aliphatic carbocycles. The largest absolute Gasteiger partial charge is 0.497 e. The Kier molecular flexibility index (Phi) is 7.86. The van der Waals surface area contributed by atoms with Crippen molar-refractivity contribution < 1.29 is 23.9 Å². The normalized spacial score (nSPS) is 11.4. The zero-order valence-electron chi connectivity index (χ0n) is 18.7. The van der Waals surface area contributed by atoms with E-state index in [0.717, 1.165) is 16.7 Å². The molecular formula is C25H26N2O6. The zero-order valence-corrected chi connectivity index (χ0v) is 18.7. The van der Waals surface area contributed by atoms with Crippen LogP contribution in [0.3, 0.4) is 0 Å². The molecule has 8 nitrogen and oxygen atoms in total. The SMILES string of the molecule is COc1cccc(CC(NC(=O)Cc2ccc(OC)c(OC)c2)c2ccc([N+](=O)[O-])cc2)c1. The van der Waals surface area contributed by atoms with Crippen LogP contribution in [0.2, 0.25) is 0 Å². The zero-order chi connectivity index (χ0) is 23.8. The molecule has 8 heteroatoms. The van der Waals surface area contributed by atoms with E-state index in [-0.39, 0.29) is 24.1 Å². The average Bonchev–Trinajstić information content (AvgIpc) is 2.83. The Morgan fingerprint density at radius 2 is 1.64 bits per heavy atom. The third-order valence-corrected chi connectivity index (χ3v) is 5.23. The van der Waals surface area contributed by atoms with Gasteiger partial charge in [-0.05, 0) is 47.4 Å². The molecule has 3 rings (SSSR count). The summed E-state index contributed by atoms with van der Waals surface area (Å²) in [5.41, 5.74) is 2.50. The van der Waals surface area contributed by atoms with E-state index in [1.165, 1.54) is 12.1 Å². The maximum absolute atomic E-state index is 12.9. The summed E-state index contributed by atoms with van der Waals surface area (Å²) >= 11 is 0. The van der Waals surface area contributed by atoms with E-state index in [1.807, 2.05) is 30.3 Å². The van der Waals surface area contributed by atoms with Crippen LogP contribution in [0.4, 0.5) is 5.69 Å². The minimum absolute atomic E-state index is 0.00413. The van der Waals surface area contributed by atoms with Gasteiger partial charge >= 0.3 is 0 Å². The van der Waals surface area contributed by atoms with Gasteiger partial charge < -0.3 is 19.5 Å². The number of carbonyl (C=O) groups is 1. The van der Waals surface area contributed by atoms with Crippen LogP contribution >= 0.6 is 0 Å². The first-order valence-corrected chi connectivity index (χ1v) is 10.3. The lowest BCUT2D eigenvalue weighted by Crippen LogP contribution is -2.31. The van der Waals surface area contributed by atoms with Crippen molar-refractivity contribution in [2.24, 2.45) is 0 Å². The maximum atomic E-state index is 12.9. The molecule has 0 heterocycles. The van der Waals surface area contributed by atoms with Gasteiger partial charge in [-0.15, -0.1) is 0 Å². The van der Waals surface area contributed by atoms with Crippen molar-refractivity contribution in [3.05, 3.63) is 93.5 Å². The lowest BCUT2D eigenvalue weighted by atomic mass is 9.98. The van der Waals surface area contributed by atoms with Crippen molar-refractivity contribution in [2.45, 2.75) is 18.9 Å². The number of non-ortho nitro benzene ring substituents is 1. The summed E-state index contributed by atoms with van der Waals surface area (Å²) in [7, 11) is 4.69. The Morgan fingerprint density at radius 3 is 2.27 bits per heavy atom. The number of hydrogen-bond acceptors (Lipinski definition) is 6. The Bertz CT molecular complexity index is 1110. The van der Waals surface area contributed by atoms with E-state index in [1.54, 1.807) is 45.6 Å². The number of nitrogens with one attached hydrogen (secondary N) is 1. The second-order valence-electron chi connectivity index (χ2n) is 7.39. The van der Waals surface area contributed by atoms with E-state index < -0.39 is 4.92 Å². The van der Waals surface area contributed by atoms with E-state index in [4.69, 9.17) is 14.2 Å². The minimum atomic E-state index is -0.448. The van der Waals surface area contributed by atoms with Crippen LogP contribution in [0.15, 0.2) is 66.7 Å². The Hall–Kier alpha value is -4.07. The lowest BCUT2D eigenvalue weighted by Gasteiger charge is -2.20. The third-order valence-electron chi connectivity index (χ3n) is 5.23. The minimum Gasteiger partial charge on any atom is -0.497 e. The molecule has 0 aliphatic heterocycles. The van der Waals surface area contributed by atoms with Crippen molar-refractivity contribution >= 4 is 11.6 Å². The average molecular weight is 450 g/mol. The number of nitro benzene ring substituents is 1. The second kappa shape index (κ2) is 11.0. The predicted octanol–water partition coefficient (Wildman–Crippen LogP) is 4.26. The molecule has 1 unspecified atom stereocenters. The molecule has 172 valence electrons. The molecule has 0 aromatic heterocycles. The lowest BCUT2D eigenvalue weighted by molar-refractivity contribution is -0.384. The van der Waals surface area contributed by atoms with Crippen molar-refractivity contribution in [3.63, 3.8) is 0 Å². The number of hydrogen-bond donors (Lipinski definition) is 1. The summed E-state index contributed by atoms with van der Waals surface area (Å²) < 4.78 is 15.9. The van der Waals surface area contributed by atoms with Crippen molar-refractivity contribution in [1.82, 2.24) is 5.32 Å².